The van der Waals surface area contributed by atoms with Gasteiger partial charge in [-0.25, -0.2) is 8.78 Å². The van der Waals surface area contributed by atoms with Crippen molar-refractivity contribution < 1.29 is 18.3 Å². The Morgan fingerprint density at radius 3 is 2.53 bits per heavy atom. The van der Waals surface area contributed by atoms with E-state index in [9.17, 15) is 13.6 Å². The van der Waals surface area contributed by atoms with Crippen molar-refractivity contribution in [3.05, 3.63) is 48.0 Å². The molecule has 0 bridgehead atoms. The molecule has 2 aromatic carbocycles. The Hall–Kier alpha value is -1.97. The molecule has 100 valence electrons. The summed E-state index contributed by atoms with van der Waals surface area (Å²) in [6.07, 6.45) is -2.92. The fourth-order valence-electron chi connectivity index (χ4n) is 2.17. The first-order valence-electron chi connectivity index (χ1n) is 5.96. The highest BCUT2D eigenvalue weighted by Crippen LogP contribution is 2.32. The average Bonchev–Trinajstić information content (AvgIpc) is 2.43. The van der Waals surface area contributed by atoms with Crippen LogP contribution in [0.25, 0.3) is 10.8 Å². The van der Waals surface area contributed by atoms with E-state index in [1.807, 2.05) is 18.2 Å². The normalized spacial score (nSPS) is 12.6. The second-order valence-electron chi connectivity index (χ2n) is 4.29. The Kier molecular flexibility index (Phi) is 4.10. The Morgan fingerprint density at radius 1 is 1.16 bits per heavy atom. The third-order valence-electron chi connectivity index (χ3n) is 3.14. The maximum absolute atomic E-state index is 13.2. The van der Waals surface area contributed by atoms with Crippen LogP contribution in [0.15, 0.2) is 42.5 Å². The molecule has 0 amide bonds. The Balaban J connectivity index is 2.47. The van der Waals surface area contributed by atoms with Gasteiger partial charge in [0.15, 0.2) is 0 Å². The fraction of sp³-hybridized carbons (Fsp3) is 0.267. The van der Waals surface area contributed by atoms with Crippen molar-refractivity contribution in [1.82, 2.24) is 0 Å². The molecule has 0 unspecified atom stereocenters. The summed E-state index contributed by atoms with van der Waals surface area (Å²) in [6.45, 7) is 0. The average molecular weight is 264 g/mol. The maximum atomic E-state index is 13.2. The molecule has 0 aliphatic heterocycles. The number of esters is 1. The third kappa shape index (κ3) is 2.89. The number of hydrogen-bond donors (Lipinski definition) is 0. The highest BCUT2D eigenvalue weighted by molar-refractivity contribution is 5.86. The van der Waals surface area contributed by atoms with Crippen LogP contribution in [0.2, 0.25) is 0 Å². The number of halogens is 2. The topological polar surface area (TPSA) is 26.3 Å². The number of rotatable bonds is 4. The maximum Gasteiger partial charge on any atom is 0.306 e. The van der Waals surface area contributed by atoms with Gasteiger partial charge in [0.25, 0.3) is 0 Å². The van der Waals surface area contributed by atoms with Crippen LogP contribution in [0.1, 0.15) is 17.9 Å². The van der Waals surface area contributed by atoms with Crippen molar-refractivity contribution in [3.63, 3.8) is 0 Å². The number of methoxy groups -OCH3 is 1. The first-order valence-corrected chi connectivity index (χ1v) is 5.96. The minimum atomic E-state index is -2.61. The summed E-state index contributed by atoms with van der Waals surface area (Å²) >= 11 is 0. The zero-order valence-corrected chi connectivity index (χ0v) is 10.5. The minimum Gasteiger partial charge on any atom is -0.469 e. The van der Waals surface area contributed by atoms with Crippen LogP contribution in [-0.4, -0.2) is 19.5 Å². The van der Waals surface area contributed by atoms with E-state index in [4.69, 9.17) is 0 Å². The molecular formula is C15H14F2O2. The Labute approximate surface area is 110 Å². The molecule has 0 fully saturated rings. The minimum absolute atomic E-state index is 0.317. The zero-order chi connectivity index (χ0) is 13.8. The van der Waals surface area contributed by atoms with Crippen molar-refractivity contribution in [1.29, 1.82) is 0 Å². The highest BCUT2D eigenvalue weighted by Gasteiger charge is 2.27. The predicted octanol–water partition coefficient (Wildman–Crippen LogP) is 3.75. The molecule has 0 radical (unpaired) electrons. The Bertz CT molecular complexity index is 576. The molecule has 4 heteroatoms. The van der Waals surface area contributed by atoms with Crippen LogP contribution in [0, 0.1) is 0 Å². The zero-order valence-electron chi connectivity index (χ0n) is 10.5. The molecule has 0 saturated heterocycles. The molecule has 2 nitrogen and oxygen atoms in total. The van der Waals surface area contributed by atoms with Crippen molar-refractivity contribution in [2.45, 2.75) is 18.8 Å². The van der Waals surface area contributed by atoms with Crippen LogP contribution in [-0.2, 0) is 9.53 Å². The van der Waals surface area contributed by atoms with Crippen LogP contribution in [0.4, 0.5) is 8.78 Å². The highest BCUT2D eigenvalue weighted by atomic mass is 19.3. The molecule has 0 aliphatic carbocycles. The third-order valence-corrected chi connectivity index (χ3v) is 3.14. The smallest absolute Gasteiger partial charge is 0.306 e. The summed E-state index contributed by atoms with van der Waals surface area (Å²) in [6, 6.07) is 12.5. The molecule has 0 spiro atoms. The lowest BCUT2D eigenvalue weighted by molar-refractivity contribution is -0.142. The number of fused-ring (bicyclic) bond motifs is 1. The largest absolute Gasteiger partial charge is 0.469 e. The summed E-state index contributed by atoms with van der Waals surface area (Å²) in [5.74, 6) is -1.77. The van der Waals surface area contributed by atoms with E-state index in [0.29, 0.717) is 5.56 Å². The number of alkyl halides is 2. The van der Waals surface area contributed by atoms with E-state index in [1.54, 1.807) is 24.3 Å². The predicted molar refractivity (Wildman–Crippen MR) is 69.3 cm³/mol. The molecule has 0 aliphatic rings. The van der Waals surface area contributed by atoms with E-state index in [0.717, 1.165) is 10.8 Å². The van der Waals surface area contributed by atoms with Gasteiger partial charge in [-0.3, -0.25) is 4.79 Å². The van der Waals surface area contributed by atoms with Crippen LogP contribution < -0.4 is 0 Å². The van der Waals surface area contributed by atoms with E-state index in [2.05, 4.69) is 4.74 Å². The number of hydrogen-bond acceptors (Lipinski definition) is 2. The molecule has 0 heterocycles. The summed E-state index contributed by atoms with van der Waals surface area (Å²) < 4.78 is 30.9. The van der Waals surface area contributed by atoms with Gasteiger partial charge in [0, 0.05) is 0 Å². The molecular weight excluding hydrogens is 250 g/mol. The van der Waals surface area contributed by atoms with E-state index in [-0.39, 0.29) is 6.42 Å². The molecule has 0 N–H and O–H groups in total. The lowest BCUT2D eigenvalue weighted by Gasteiger charge is -2.17. The van der Waals surface area contributed by atoms with Gasteiger partial charge in [-0.15, -0.1) is 0 Å². The number of ether oxygens (including phenoxy) is 1. The Morgan fingerprint density at radius 2 is 1.84 bits per heavy atom. The van der Waals surface area contributed by atoms with E-state index in [1.165, 1.54) is 7.11 Å². The second-order valence-corrected chi connectivity index (χ2v) is 4.29. The lowest BCUT2D eigenvalue weighted by atomic mass is 9.91. The number of benzene rings is 2. The van der Waals surface area contributed by atoms with E-state index < -0.39 is 18.3 Å². The molecule has 19 heavy (non-hydrogen) atoms. The molecule has 2 aromatic rings. The van der Waals surface area contributed by atoms with Crippen LogP contribution >= 0.6 is 0 Å². The van der Waals surface area contributed by atoms with Crippen LogP contribution in [0.5, 0.6) is 0 Å². The van der Waals surface area contributed by atoms with Crippen molar-refractivity contribution in [2.24, 2.45) is 0 Å². The summed E-state index contributed by atoms with van der Waals surface area (Å²) in [4.78, 5) is 11.3. The summed E-state index contributed by atoms with van der Waals surface area (Å²) in [7, 11) is 1.20. The van der Waals surface area contributed by atoms with Gasteiger partial charge in [0.2, 0.25) is 6.43 Å². The van der Waals surface area contributed by atoms with Gasteiger partial charge in [-0.1, -0.05) is 42.5 Å². The summed E-state index contributed by atoms with van der Waals surface area (Å²) in [5, 5.41) is 1.63. The second kappa shape index (κ2) is 5.78. The molecule has 2 rings (SSSR count). The quantitative estimate of drug-likeness (QED) is 0.786. The van der Waals surface area contributed by atoms with Crippen molar-refractivity contribution in [2.75, 3.05) is 7.11 Å². The van der Waals surface area contributed by atoms with Crippen molar-refractivity contribution >= 4 is 16.7 Å². The van der Waals surface area contributed by atoms with Gasteiger partial charge >= 0.3 is 5.97 Å². The molecule has 1 atom stereocenters. The SMILES string of the molecule is COC(=O)C[C@H](c1cccc2ccccc12)C(F)F. The standard InChI is InChI=1S/C15H14F2O2/c1-19-14(18)9-13(15(16)17)12-8-4-6-10-5-2-3-7-11(10)12/h2-8,13,15H,9H2,1H3/t13-/m1/s1. The van der Waals surface area contributed by atoms with Gasteiger partial charge < -0.3 is 4.74 Å². The van der Waals surface area contributed by atoms with Gasteiger partial charge in [-0.05, 0) is 16.3 Å². The number of carbonyl (C=O) groups excluding carboxylic acids is 1. The van der Waals surface area contributed by atoms with Crippen LogP contribution in [0.3, 0.4) is 0 Å². The van der Waals surface area contributed by atoms with Gasteiger partial charge in [-0.2, -0.15) is 0 Å². The fourth-order valence-corrected chi connectivity index (χ4v) is 2.17. The summed E-state index contributed by atoms with van der Waals surface area (Å²) in [5.41, 5.74) is 0.485. The number of carbonyl (C=O) groups is 1. The van der Waals surface area contributed by atoms with Gasteiger partial charge in [0.1, 0.15) is 0 Å². The van der Waals surface area contributed by atoms with Crippen molar-refractivity contribution in [3.8, 4) is 0 Å². The first-order chi connectivity index (χ1) is 9.13. The molecule has 0 saturated carbocycles. The molecule has 0 aromatic heterocycles. The monoisotopic (exact) mass is 264 g/mol. The lowest BCUT2D eigenvalue weighted by Crippen LogP contribution is -2.15. The van der Waals surface area contributed by atoms with Gasteiger partial charge in [0.05, 0.1) is 19.4 Å². The van der Waals surface area contributed by atoms with E-state index >= 15 is 0 Å². The first kappa shape index (κ1) is 13.5.